The molecule has 2 aromatic rings. The van der Waals surface area contributed by atoms with E-state index in [4.69, 9.17) is 5.11 Å². The van der Waals surface area contributed by atoms with Crippen molar-refractivity contribution in [1.82, 2.24) is 9.88 Å². The number of likely N-dealkylation sites (N-methyl/N-ethyl adjacent to an activating group) is 1. The summed E-state index contributed by atoms with van der Waals surface area (Å²) in [5.41, 5.74) is 1.18. The third-order valence-corrected chi connectivity index (χ3v) is 3.83. The molecule has 0 radical (unpaired) electrons. The van der Waals surface area contributed by atoms with E-state index in [1.54, 1.807) is 12.1 Å². The third kappa shape index (κ3) is 3.75. The van der Waals surface area contributed by atoms with Gasteiger partial charge in [-0.1, -0.05) is 23.5 Å². The molecule has 0 aliphatic carbocycles. The van der Waals surface area contributed by atoms with Crippen LogP contribution in [0.1, 0.15) is 4.88 Å². The van der Waals surface area contributed by atoms with Gasteiger partial charge in [0.15, 0.2) is 0 Å². The molecule has 1 aromatic carbocycles. The number of nitro benzene ring substituents is 1. The van der Waals surface area contributed by atoms with Gasteiger partial charge in [0.05, 0.1) is 17.2 Å². The minimum Gasteiger partial charge on any atom is -0.395 e. The number of aliphatic hydroxyl groups is 1. The van der Waals surface area contributed by atoms with E-state index in [9.17, 15) is 14.9 Å². The number of nitro groups is 1. The van der Waals surface area contributed by atoms with Crippen molar-refractivity contribution in [1.29, 1.82) is 0 Å². The zero-order chi connectivity index (χ0) is 15.4. The molecule has 0 atom stereocenters. The first kappa shape index (κ1) is 15.4. The number of H-pyrrole nitrogens is 1. The Hall–Kier alpha value is -2.03. The number of hydrogen-bond acceptors (Lipinski definition) is 6. The summed E-state index contributed by atoms with van der Waals surface area (Å²) in [6.45, 7) is 1.00. The monoisotopic (exact) mass is 309 g/mol. The molecule has 21 heavy (non-hydrogen) atoms. The van der Waals surface area contributed by atoms with Gasteiger partial charge in [-0.3, -0.25) is 19.8 Å². The predicted octanol–water partition coefficient (Wildman–Crippen LogP) is 1.44. The first-order valence-electron chi connectivity index (χ1n) is 6.27. The van der Waals surface area contributed by atoms with Crippen LogP contribution in [0.4, 0.5) is 5.69 Å². The number of aromatic nitrogens is 1. The van der Waals surface area contributed by atoms with Gasteiger partial charge in [0.2, 0.25) is 0 Å². The molecule has 0 spiro atoms. The fraction of sp³-hybridized carbons (Fsp3) is 0.308. The van der Waals surface area contributed by atoms with Crippen molar-refractivity contribution in [3.05, 3.63) is 48.9 Å². The molecule has 0 amide bonds. The maximum atomic E-state index is 11.6. The molecule has 8 heteroatoms. The minimum atomic E-state index is -0.467. The van der Waals surface area contributed by atoms with E-state index < -0.39 is 4.92 Å². The van der Waals surface area contributed by atoms with Gasteiger partial charge in [0, 0.05) is 35.7 Å². The average molecular weight is 309 g/mol. The van der Waals surface area contributed by atoms with Crippen LogP contribution >= 0.6 is 11.3 Å². The van der Waals surface area contributed by atoms with E-state index in [0.717, 1.165) is 16.2 Å². The zero-order valence-electron chi connectivity index (χ0n) is 11.4. The van der Waals surface area contributed by atoms with Gasteiger partial charge >= 0.3 is 4.87 Å². The van der Waals surface area contributed by atoms with E-state index in [1.165, 1.54) is 12.1 Å². The maximum Gasteiger partial charge on any atom is 0.305 e. The number of aromatic amines is 1. The number of thiazole rings is 1. The first-order chi connectivity index (χ1) is 10.0. The summed E-state index contributed by atoms with van der Waals surface area (Å²) < 4.78 is 0. The van der Waals surface area contributed by atoms with E-state index in [1.807, 2.05) is 11.9 Å². The van der Waals surface area contributed by atoms with Crippen molar-refractivity contribution >= 4 is 17.0 Å². The molecule has 0 fully saturated rings. The fourth-order valence-electron chi connectivity index (χ4n) is 1.97. The van der Waals surface area contributed by atoms with Crippen LogP contribution in [0.25, 0.3) is 11.3 Å². The van der Waals surface area contributed by atoms with Crippen LogP contribution in [0.5, 0.6) is 0 Å². The summed E-state index contributed by atoms with van der Waals surface area (Å²) in [4.78, 5) is 27.2. The highest BCUT2D eigenvalue weighted by Crippen LogP contribution is 2.27. The lowest BCUT2D eigenvalue weighted by Crippen LogP contribution is -2.21. The standard InChI is InChI=1S/C13H15N3O4S/c1-15(5-6-17)8-11-12(14-13(18)21-11)9-3-2-4-10(7-9)16(19)20/h2-4,7,17H,5-6,8H2,1H3,(H,14,18). The molecule has 0 unspecified atom stereocenters. The number of nitrogens with zero attached hydrogens (tertiary/aromatic N) is 2. The van der Waals surface area contributed by atoms with Crippen LogP contribution in [0.2, 0.25) is 0 Å². The molecule has 0 bridgehead atoms. The Balaban J connectivity index is 2.37. The Labute approximate surface area is 124 Å². The predicted molar refractivity (Wildman–Crippen MR) is 80.4 cm³/mol. The van der Waals surface area contributed by atoms with Crippen molar-refractivity contribution in [2.24, 2.45) is 0 Å². The van der Waals surface area contributed by atoms with Gasteiger partial charge in [-0.25, -0.2) is 0 Å². The lowest BCUT2D eigenvalue weighted by molar-refractivity contribution is -0.384. The second-order valence-electron chi connectivity index (χ2n) is 4.58. The van der Waals surface area contributed by atoms with Gasteiger partial charge in [0.1, 0.15) is 0 Å². The largest absolute Gasteiger partial charge is 0.395 e. The van der Waals surface area contributed by atoms with Crippen LogP contribution in [0.3, 0.4) is 0 Å². The highest BCUT2D eigenvalue weighted by Gasteiger charge is 2.14. The summed E-state index contributed by atoms with van der Waals surface area (Å²) in [6, 6.07) is 6.16. The Kier molecular flexibility index (Phi) is 4.84. The molecular weight excluding hydrogens is 294 g/mol. The Morgan fingerprint density at radius 3 is 2.90 bits per heavy atom. The maximum absolute atomic E-state index is 11.6. The molecule has 2 N–H and O–H groups in total. The molecule has 0 saturated carbocycles. The summed E-state index contributed by atoms with van der Waals surface area (Å²) in [5.74, 6) is 0. The van der Waals surface area contributed by atoms with Crippen molar-refractivity contribution in [3.63, 3.8) is 0 Å². The fourth-order valence-corrected chi connectivity index (χ4v) is 2.91. The van der Waals surface area contributed by atoms with E-state index in [2.05, 4.69) is 4.98 Å². The Morgan fingerprint density at radius 1 is 1.48 bits per heavy atom. The van der Waals surface area contributed by atoms with Crippen molar-refractivity contribution < 1.29 is 10.0 Å². The number of non-ortho nitro benzene ring substituents is 1. The number of aliphatic hydroxyl groups excluding tert-OH is 1. The minimum absolute atomic E-state index is 0.0192. The van der Waals surface area contributed by atoms with Crippen LogP contribution in [-0.4, -0.2) is 40.1 Å². The third-order valence-electron chi connectivity index (χ3n) is 2.96. The summed E-state index contributed by atoms with van der Waals surface area (Å²) in [7, 11) is 1.83. The molecule has 7 nitrogen and oxygen atoms in total. The van der Waals surface area contributed by atoms with Crippen LogP contribution in [0.15, 0.2) is 29.1 Å². The second-order valence-corrected chi connectivity index (χ2v) is 5.65. The summed E-state index contributed by atoms with van der Waals surface area (Å²) >= 11 is 1.07. The zero-order valence-corrected chi connectivity index (χ0v) is 12.2. The average Bonchev–Trinajstić information content (AvgIpc) is 2.80. The van der Waals surface area contributed by atoms with Crippen LogP contribution < -0.4 is 4.87 Å². The molecule has 0 aliphatic rings. The topological polar surface area (TPSA) is 99.5 Å². The molecule has 0 saturated heterocycles. The van der Waals surface area contributed by atoms with Gasteiger partial charge < -0.3 is 10.1 Å². The van der Waals surface area contributed by atoms with Gasteiger partial charge in [0.25, 0.3) is 5.69 Å². The van der Waals surface area contributed by atoms with Gasteiger partial charge in [-0.2, -0.15) is 0 Å². The van der Waals surface area contributed by atoms with E-state index >= 15 is 0 Å². The van der Waals surface area contributed by atoms with E-state index in [-0.39, 0.29) is 17.2 Å². The van der Waals surface area contributed by atoms with Crippen molar-refractivity contribution in [2.45, 2.75) is 6.54 Å². The van der Waals surface area contributed by atoms with Gasteiger partial charge in [-0.15, -0.1) is 0 Å². The number of nitrogens with one attached hydrogen (secondary N) is 1. The quantitative estimate of drug-likeness (QED) is 0.621. The Bertz CT molecular complexity index is 695. The summed E-state index contributed by atoms with van der Waals surface area (Å²) in [5, 5.41) is 19.8. The molecule has 1 aromatic heterocycles. The van der Waals surface area contributed by atoms with Gasteiger partial charge in [-0.05, 0) is 7.05 Å². The molecular formula is C13H15N3O4S. The van der Waals surface area contributed by atoms with Crippen molar-refractivity contribution in [2.75, 3.05) is 20.2 Å². The normalized spacial score (nSPS) is 11.0. The van der Waals surface area contributed by atoms with E-state index in [0.29, 0.717) is 24.3 Å². The van der Waals surface area contributed by atoms with Crippen molar-refractivity contribution in [3.8, 4) is 11.3 Å². The molecule has 0 aliphatic heterocycles. The SMILES string of the molecule is CN(CCO)Cc1sc(=O)[nH]c1-c1cccc([N+](=O)[O-])c1. The lowest BCUT2D eigenvalue weighted by Gasteiger charge is -2.14. The molecule has 1 heterocycles. The first-order valence-corrected chi connectivity index (χ1v) is 7.09. The highest BCUT2D eigenvalue weighted by molar-refractivity contribution is 7.09. The number of rotatable bonds is 6. The highest BCUT2D eigenvalue weighted by atomic mass is 32.1. The second kappa shape index (κ2) is 6.61. The summed E-state index contributed by atoms with van der Waals surface area (Å²) in [6.07, 6.45) is 0. The van der Waals surface area contributed by atoms with Crippen LogP contribution in [-0.2, 0) is 6.54 Å². The van der Waals surface area contributed by atoms with Crippen LogP contribution in [0, 0.1) is 10.1 Å². The Morgan fingerprint density at radius 2 is 2.24 bits per heavy atom. The number of hydrogen-bond donors (Lipinski definition) is 2. The molecule has 112 valence electrons. The lowest BCUT2D eigenvalue weighted by atomic mass is 10.1. The molecule has 2 rings (SSSR count). The smallest absolute Gasteiger partial charge is 0.305 e. The number of benzene rings is 1.